The monoisotopic (exact) mass is 366 g/mol. The third kappa shape index (κ3) is 3.53. The van der Waals surface area contributed by atoms with Crippen molar-refractivity contribution in [3.8, 4) is 5.88 Å². The van der Waals surface area contributed by atoms with Crippen LogP contribution in [0.15, 0.2) is 47.5 Å². The Morgan fingerprint density at radius 1 is 1.11 bits per heavy atom. The van der Waals surface area contributed by atoms with Crippen molar-refractivity contribution in [3.63, 3.8) is 0 Å². The number of nitrogens with zero attached hydrogens (tertiary/aromatic N) is 3. The summed E-state index contributed by atoms with van der Waals surface area (Å²) in [6, 6.07) is 12.7. The number of nitrogens with one attached hydrogen (secondary N) is 1. The van der Waals surface area contributed by atoms with Gasteiger partial charge in [-0.25, -0.2) is 4.39 Å². The summed E-state index contributed by atoms with van der Waals surface area (Å²) < 4.78 is 14.1. The number of H-pyrrole nitrogens is 1. The summed E-state index contributed by atoms with van der Waals surface area (Å²) in [4.78, 5) is 12.0. The quantitative estimate of drug-likeness (QED) is 0.689. The van der Waals surface area contributed by atoms with Gasteiger partial charge in [-0.15, -0.1) is 0 Å². The Bertz CT molecular complexity index is 956. The molecule has 6 heteroatoms. The van der Waals surface area contributed by atoms with Gasteiger partial charge < -0.3 is 19.9 Å². The Labute approximate surface area is 157 Å². The fraction of sp³-hybridized carbons (Fsp3) is 0.286. The molecule has 2 N–H and O–H groups in total. The first-order valence-electron chi connectivity index (χ1n) is 9.26. The van der Waals surface area contributed by atoms with Gasteiger partial charge in [0, 0.05) is 43.5 Å². The zero-order valence-electron chi connectivity index (χ0n) is 15.3. The van der Waals surface area contributed by atoms with Crippen LogP contribution in [-0.4, -0.2) is 53.9 Å². The van der Waals surface area contributed by atoms with Crippen LogP contribution in [0.2, 0.25) is 0 Å². The number of aromatic hydroxyl groups is 1. The number of hydrogen-bond acceptors (Lipinski definition) is 4. The summed E-state index contributed by atoms with van der Waals surface area (Å²) in [6.45, 7) is 7.52. The predicted molar refractivity (Wildman–Crippen MR) is 108 cm³/mol. The highest BCUT2D eigenvalue weighted by Gasteiger charge is 2.16. The van der Waals surface area contributed by atoms with Crippen molar-refractivity contribution in [3.05, 3.63) is 53.8 Å². The second-order valence-corrected chi connectivity index (χ2v) is 6.75. The largest absolute Gasteiger partial charge is 0.494 e. The normalized spacial score (nSPS) is 15.9. The summed E-state index contributed by atoms with van der Waals surface area (Å²) in [7, 11) is 0. The third-order valence-corrected chi connectivity index (χ3v) is 5.17. The molecule has 0 atom stereocenters. The molecule has 1 aliphatic heterocycles. The lowest BCUT2D eigenvalue weighted by molar-refractivity contribution is 0.271. The van der Waals surface area contributed by atoms with Crippen LogP contribution in [0.4, 0.5) is 15.8 Å². The number of likely N-dealkylation sites (N-methyl/N-ethyl adjacent to an activating group) is 1. The van der Waals surface area contributed by atoms with E-state index in [0.29, 0.717) is 16.5 Å². The van der Waals surface area contributed by atoms with Crippen LogP contribution in [0.1, 0.15) is 12.5 Å². The summed E-state index contributed by atoms with van der Waals surface area (Å²) in [6.07, 6.45) is 1.51. The van der Waals surface area contributed by atoms with Gasteiger partial charge in [-0.2, -0.15) is 0 Å². The molecule has 0 spiro atoms. The van der Waals surface area contributed by atoms with Crippen LogP contribution < -0.4 is 4.90 Å². The van der Waals surface area contributed by atoms with Crippen molar-refractivity contribution in [1.29, 1.82) is 0 Å². The van der Waals surface area contributed by atoms with E-state index in [2.05, 4.69) is 38.8 Å². The van der Waals surface area contributed by atoms with Crippen LogP contribution in [0, 0.1) is 5.82 Å². The van der Waals surface area contributed by atoms with Gasteiger partial charge in [-0.05, 0) is 42.9 Å². The van der Waals surface area contributed by atoms with Gasteiger partial charge >= 0.3 is 0 Å². The number of hydrogen-bond donors (Lipinski definition) is 2. The average Bonchev–Trinajstić information content (AvgIpc) is 3.03. The number of anilines is 1. The molecule has 0 radical (unpaired) electrons. The number of benzene rings is 2. The van der Waals surface area contributed by atoms with Crippen molar-refractivity contribution in [2.24, 2.45) is 4.99 Å². The first kappa shape index (κ1) is 17.5. The summed E-state index contributed by atoms with van der Waals surface area (Å²) >= 11 is 0. The van der Waals surface area contributed by atoms with Crippen LogP contribution in [0.25, 0.3) is 10.9 Å². The predicted octanol–water partition coefficient (Wildman–Crippen LogP) is 3.91. The molecule has 2 heterocycles. The standard InChI is InChI=1S/C21H23FN4O/c1-2-25-10-12-26(13-11-25)16-8-6-15(7-9-16)23-14-17-20-18(22)4-3-5-19(20)24-21(17)27/h3-9,14,24,27H,2,10-13H2,1H3. The Morgan fingerprint density at radius 3 is 2.56 bits per heavy atom. The van der Waals surface area contributed by atoms with Crippen LogP contribution in [0.3, 0.4) is 0 Å². The van der Waals surface area contributed by atoms with Gasteiger partial charge in [0.25, 0.3) is 0 Å². The zero-order chi connectivity index (χ0) is 18.8. The van der Waals surface area contributed by atoms with Gasteiger partial charge in [-0.3, -0.25) is 4.99 Å². The molecule has 4 rings (SSSR count). The number of halogens is 1. The van der Waals surface area contributed by atoms with Gasteiger partial charge in [0.05, 0.1) is 16.8 Å². The van der Waals surface area contributed by atoms with E-state index >= 15 is 0 Å². The van der Waals surface area contributed by atoms with Crippen LogP contribution in [0.5, 0.6) is 5.88 Å². The maximum atomic E-state index is 14.1. The van der Waals surface area contributed by atoms with E-state index in [4.69, 9.17) is 0 Å². The van der Waals surface area contributed by atoms with Crippen molar-refractivity contribution in [1.82, 2.24) is 9.88 Å². The third-order valence-electron chi connectivity index (χ3n) is 5.17. The van der Waals surface area contributed by atoms with Crippen LogP contribution >= 0.6 is 0 Å². The highest BCUT2D eigenvalue weighted by Crippen LogP contribution is 2.28. The molecule has 3 aromatic rings. The number of aliphatic imine (C=N–C) groups is 1. The van der Waals surface area contributed by atoms with Gasteiger partial charge in [-0.1, -0.05) is 13.0 Å². The first-order chi connectivity index (χ1) is 13.2. The molecule has 0 saturated carbocycles. The molecule has 0 amide bonds. The minimum absolute atomic E-state index is 0.0794. The molecular weight excluding hydrogens is 343 g/mol. The van der Waals surface area contributed by atoms with Gasteiger partial charge in [0.2, 0.25) is 0 Å². The molecule has 1 aliphatic rings. The van der Waals surface area contributed by atoms with Crippen molar-refractivity contribution in [2.45, 2.75) is 6.92 Å². The van der Waals surface area contributed by atoms with E-state index in [1.54, 1.807) is 12.1 Å². The molecule has 0 unspecified atom stereocenters. The topological polar surface area (TPSA) is 54.9 Å². The smallest absolute Gasteiger partial charge is 0.198 e. The van der Waals surface area contributed by atoms with Crippen molar-refractivity contribution >= 4 is 28.5 Å². The Hall–Kier alpha value is -2.86. The van der Waals surface area contributed by atoms with Crippen molar-refractivity contribution < 1.29 is 9.50 Å². The highest BCUT2D eigenvalue weighted by atomic mass is 19.1. The molecule has 27 heavy (non-hydrogen) atoms. The van der Waals surface area contributed by atoms with Gasteiger partial charge in [0.1, 0.15) is 5.82 Å². The summed E-state index contributed by atoms with van der Waals surface area (Å²) in [5.74, 6) is -0.462. The van der Waals surface area contributed by atoms with E-state index in [1.807, 2.05) is 12.1 Å². The number of aromatic nitrogens is 1. The fourth-order valence-electron chi connectivity index (χ4n) is 3.55. The fourth-order valence-corrected chi connectivity index (χ4v) is 3.55. The molecule has 0 bridgehead atoms. The zero-order valence-corrected chi connectivity index (χ0v) is 15.3. The first-order valence-corrected chi connectivity index (χ1v) is 9.26. The number of piperazine rings is 1. The number of rotatable bonds is 4. The molecule has 2 aromatic carbocycles. The summed E-state index contributed by atoms with van der Waals surface area (Å²) in [5, 5.41) is 10.4. The average molecular weight is 366 g/mol. The Morgan fingerprint density at radius 2 is 1.85 bits per heavy atom. The van der Waals surface area contributed by atoms with E-state index in [0.717, 1.165) is 38.4 Å². The van der Waals surface area contributed by atoms with Crippen molar-refractivity contribution in [2.75, 3.05) is 37.6 Å². The SMILES string of the molecule is CCN1CCN(c2ccc(N=Cc3c(O)[nH]c4cccc(F)c34)cc2)CC1. The molecule has 5 nitrogen and oxygen atoms in total. The van der Waals surface area contributed by atoms with E-state index in [9.17, 15) is 9.50 Å². The lowest BCUT2D eigenvalue weighted by Crippen LogP contribution is -2.46. The minimum Gasteiger partial charge on any atom is -0.494 e. The molecule has 1 fully saturated rings. The van der Waals surface area contributed by atoms with Gasteiger partial charge in [0.15, 0.2) is 5.88 Å². The Kier molecular flexibility index (Phi) is 4.81. The number of aromatic amines is 1. The second-order valence-electron chi connectivity index (χ2n) is 6.75. The number of fused-ring (bicyclic) bond motifs is 1. The van der Waals surface area contributed by atoms with Crippen LogP contribution in [-0.2, 0) is 0 Å². The maximum Gasteiger partial charge on any atom is 0.198 e. The molecule has 1 aromatic heterocycles. The van der Waals surface area contributed by atoms with E-state index in [1.165, 1.54) is 18.0 Å². The maximum absolute atomic E-state index is 14.1. The van der Waals surface area contributed by atoms with E-state index in [-0.39, 0.29) is 11.7 Å². The second kappa shape index (κ2) is 7.40. The lowest BCUT2D eigenvalue weighted by Gasteiger charge is -2.35. The minimum atomic E-state index is -0.382. The highest BCUT2D eigenvalue weighted by molar-refractivity contribution is 6.02. The summed E-state index contributed by atoms with van der Waals surface area (Å²) in [5.41, 5.74) is 2.86. The molecule has 0 aliphatic carbocycles. The Balaban J connectivity index is 1.52. The molecule has 1 saturated heterocycles. The molecular formula is C21H23FN4O. The lowest BCUT2D eigenvalue weighted by atomic mass is 10.1. The van der Waals surface area contributed by atoms with E-state index < -0.39 is 0 Å². The molecule has 140 valence electrons.